The molecule has 0 amide bonds. The number of hydrogen-bond donors (Lipinski definition) is 1. The van der Waals surface area contributed by atoms with Crippen LogP contribution < -0.4 is 0 Å². The average Bonchev–Trinajstić information content (AvgIpc) is 2.91. The van der Waals surface area contributed by atoms with Gasteiger partial charge in [0, 0.05) is 43.5 Å². The van der Waals surface area contributed by atoms with Crippen molar-refractivity contribution in [3.05, 3.63) is 71.6 Å². The number of ketones is 1. The number of fused-ring (bicyclic) bond motifs is 2. The fraction of sp³-hybridized carbons (Fsp3) is 0.432. The minimum absolute atomic E-state index is 0. The monoisotopic (exact) mass is 742 g/mol. The van der Waals surface area contributed by atoms with E-state index in [0.29, 0.717) is 0 Å². The second kappa shape index (κ2) is 14.1. The van der Waals surface area contributed by atoms with E-state index in [9.17, 15) is 9.90 Å². The van der Waals surface area contributed by atoms with Crippen LogP contribution in [-0.2, 0) is 31.3 Å². The first-order valence-electron chi connectivity index (χ1n) is 15.2. The van der Waals surface area contributed by atoms with Crippen molar-refractivity contribution in [2.24, 2.45) is 17.3 Å². The molecule has 0 aliphatic heterocycles. The summed E-state index contributed by atoms with van der Waals surface area (Å²) < 4.78 is 0. The van der Waals surface area contributed by atoms with E-state index in [-0.39, 0.29) is 48.9 Å². The smallest absolute Gasteiger partial charge is 0.162 e. The van der Waals surface area contributed by atoms with E-state index in [1.807, 2.05) is 33.9 Å². The summed E-state index contributed by atoms with van der Waals surface area (Å²) >= 11 is 0. The zero-order valence-corrected chi connectivity index (χ0v) is 28.8. The van der Waals surface area contributed by atoms with Crippen molar-refractivity contribution in [1.82, 2.24) is 10.2 Å². The first-order valence-corrected chi connectivity index (χ1v) is 15.2. The fourth-order valence-electron chi connectivity index (χ4n) is 6.07. The van der Waals surface area contributed by atoms with Crippen LogP contribution in [0.5, 0.6) is 0 Å². The van der Waals surface area contributed by atoms with Gasteiger partial charge in [0.2, 0.25) is 0 Å². The Morgan fingerprint density at radius 3 is 2.21 bits per heavy atom. The molecular formula is C37H45IrN2O2-. The van der Waals surface area contributed by atoms with Crippen molar-refractivity contribution in [3.63, 3.8) is 0 Å². The third kappa shape index (κ3) is 7.18. The van der Waals surface area contributed by atoms with Crippen LogP contribution >= 0.6 is 0 Å². The number of carbonyl (C=O) groups is 1. The van der Waals surface area contributed by atoms with Gasteiger partial charge in [-0.25, -0.2) is 5.10 Å². The zero-order valence-electron chi connectivity index (χ0n) is 26.4. The quantitative estimate of drug-likeness (QED) is 0.0566. The topological polar surface area (TPSA) is 63.1 Å². The van der Waals surface area contributed by atoms with Crippen molar-refractivity contribution < 1.29 is 30.0 Å². The molecule has 0 saturated heterocycles. The van der Waals surface area contributed by atoms with E-state index >= 15 is 0 Å². The summed E-state index contributed by atoms with van der Waals surface area (Å²) in [5, 5.41) is 27.1. The summed E-state index contributed by atoms with van der Waals surface area (Å²) in [6.45, 7) is 17.0. The number of benzene rings is 4. The summed E-state index contributed by atoms with van der Waals surface area (Å²) in [5.41, 5.74) is 3.70. The molecule has 0 fully saturated rings. The molecule has 5 aromatic rings. The minimum atomic E-state index is 0. The molecule has 5 heteroatoms. The van der Waals surface area contributed by atoms with E-state index in [4.69, 9.17) is 0 Å². The summed E-state index contributed by atoms with van der Waals surface area (Å²) in [5.74, 6) is 0.547. The predicted octanol–water partition coefficient (Wildman–Crippen LogP) is 10.1. The molecule has 0 aliphatic rings. The van der Waals surface area contributed by atoms with Gasteiger partial charge in [-0.2, -0.15) is 5.10 Å². The second-order valence-corrected chi connectivity index (χ2v) is 12.6. The molecule has 1 aromatic heterocycles. The Morgan fingerprint density at radius 2 is 1.60 bits per heavy atom. The molecule has 42 heavy (non-hydrogen) atoms. The third-order valence-corrected chi connectivity index (χ3v) is 8.20. The van der Waals surface area contributed by atoms with E-state index < -0.39 is 0 Å². The molecule has 0 unspecified atom stereocenters. The summed E-state index contributed by atoms with van der Waals surface area (Å²) in [6.07, 6.45) is 7.84. The fourth-order valence-corrected chi connectivity index (χ4v) is 6.07. The Kier molecular flexibility index (Phi) is 11.3. The number of hydrogen-bond acceptors (Lipinski definition) is 4. The molecule has 0 bridgehead atoms. The maximum atomic E-state index is 11.7. The van der Waals surface area contributed by atoms with Crippen molar-refractivity contribution in [3.8, 4) is 0 Å². The molecule has 1 radical (unpaired) electrons. The van der Waals surface area contributed by atoms with Gasteiger partial charge in [-0.3, -0.25) is 4.79 Å². The SMILES string of the molecule is CCC(CC)C(=O)/C=C(\O)C(CC)CC.Cc1[c-]c2c3nncc4cc(CC(C)(C)C)cc(c5cccc(c1)c25)c43.[Ir]. The molecule has 4 nitrogen and oxygen atoms in total. The number of carbonyl (C=O) groups excluding carboxylic acids is 1. The largest absolute Gasteiger partial charge is 0.512 e. The number of aromatic nitrogens is 2. The van der Waals surface area contributed by atoms with Crippen molar-refractivity contribution in [2.45, 2.75) is 87.5 Å². The second-order valence-electron chi connectivity index (χ2n) is 12.6. The first-order chi connectivity index (χ1) is 19.5. The number of rotatable bonds is 8. The van der Waals surface area contributed by atoms with Gasteiger partial charge < -0.3 is 5.11 Å². The Bertz CT molecular complexity index is 1690. The average molecular weight is 742 g/mol. The molecule has 0 aliphatic carbocycles. The van der Waals surface area contributed by atoms with Crippen LogP contribution in [0.3, 0.4) is 0 Å². The maximum Gasteiger partial charge on any atom is 0.162 e. The number of nitrogens with zero attached hydrogens (tertiary/aromatic N) is 2. The van der Waals surface area contributed by atoms with Gasteiger partial charge in [0.05, 0.1) is 12.0 Å². The van der Waals surface area contributed by atoms with Crippen molar-refractivity contribution in [1.29, 1.82) is 0 Å². The molecule has 0 atom stereocenters. The number of aryl methyl sites for hydroxylation is 1. The maximum absolute atomic E-state index is 11.7. The molecule has 4 aromatic carbocycles. The number of allylic oxidation sites excluding steroid dienone is 2. The molecule has 0 saturated carbocycles. The summed E-state index contributed by atoms with van der Waals surface area (Å²) in [4.78, 5) is 11.7. The molecular weight excluding hydrogens is 697 g/mol. The van der Waals surface area contributed by atoms with Crippen LogP contribution in [0.2, 0.25) is 0 Å². The van der Waals surface area contributed by atoms with Crippen LogP contribution in [0.25, 0.3) is 43.2 Å². The van der Waals surface area contributed by atoms with Gasteiger partial charge in [0.15, 0.2) is 5.78 Å². The molecule has 225 valence electrons. The van der Waals surface area contributed by atoms with Crippen LogP contribution in [0.1, 0.15) is 85.3 Å². The summed E-state index contributed by atoms with van der Waals surface area (Å²) in [6, 6.07) is 17.0. The van der Waals surface area contributed by atoms with Gasteiger partial charge in [0.25, 0.3) is 0 Å². The Morgan fingerprint density at radius 1 is 0.929 bits per heavy atom. The van der Waals surface area contributed by atoms with Crippen LogP contribution in [0.15, 0.2) is 54.4 Å². The van der Waals surface area contributed by atoms with Crippen molar-refractivity contribution in [2.75, 3.05) is 0 Å². The number of aliphatic hydroxyl groups is 1. The summed E-state index contributed by atoms with van der Waals surface area (Å²) in [7, 11) is 0. The Labute approximate surface area is 264 Å². The van der Waals surface area contributed by atoms with Gasteiger partial charge in [0.1, 0.15) is 0 Å². The van der Waals surface area contributed by atoms with Crippen LogP contribution in [-0.4, -0.2) is 21.1 Å². The third-order valence-electron chi connectivity index (χ3n) is 8.20. The van der Waals surface area contributed by atoms with Crippen LogP contribution in [0.4, 0.5) is 0 Å². The van der Waals surface area contributed by atoms with E-state index in [1.54, 1.807) is 0 Å². The van der Waals surface area contributed by atoms with E-state index in [2.05, 4.69) is 80.4 Å². The van der Waals surface area contributed by atoms with Gasteiger partial charge in [-0.15, -0.1) is 28.5 Å². The van der Waals surface area contributed by atoms with E-state index in [1.165, 1.54) is 44.0 Å². The normalized spacial score (nSPS) is 12.4. The molecule has 5 rings (SSSR count). The Hall–Kier alpha value is -2.88. The van der Waals surface area contributed by atoms with Gasteiger partial charge in [-0.1, -0.05) is 96.5 Å². The predicted molar refractivity (Wildman–Crippen MR) is 174 cm³/mol. The zero-order chi connectivity index (χ0) is 29.9. The minimum Gasteiger partial charge on any atom is -0.512 e. The molecule has 1 heterocycles. The van der Waals surface area contributed by atoms with Crippen molar-refractivity contribution >= 4 is 49.0 Å². The van der Waals surface area contributed by atoms with Crippen LogP contribution in [0, 0.1) is 30.2 Å². The number of aliphatic hydroxyl groups excluding tert-OH is 1. The van der Waals surface area contributed by atoms with Gasteiger partial charge >= 0.3 is 0 Å². The standard InChI is InChI=1S/C24H21N2.C13H24O2.Ir/c1-14-8-16-6-5-7-18-19-11-15(12-24(2,3)4)10-17-13-25-26-23(22(17)19)20(9-14)21(16)18;1-5-10(6-2)12(14)9-13(15)11(7-3)8-4;/h5-8,10-11,13H,12H2,1-4H3;9-11,14H,5-8H2,1-4H3;/q-1;;/b;12-9-;. The Balaban J connectivity index is 0.000000263. The van der Waals surface area contributed by atoms with Gasteiger partial charge in [-0.05, 0) is 59.2 Å². The molecule has 1 N–H and O–H groups in total. The molecule has 0 spiro atoms. The first kappa shape index (κ1) is 33.6. The van der Waals surface area contributed by atoms with E-state index in [0.717, 1.165) is 48.6 Å².